The summed E-state index contributed by atoms with van der Waals surface area (Å²) >= 11 is 0. The molecule has 4 nitrogen and oxygen atoms in total. The second-order valence-corrected chi connectivity index (χ2v) is 5.73. The molecule has 1 fully saturated rings. The third-order valence-electron chi connectivity index (χ3n) is 4.01. The summed E-state index contributed by atoms with van der Waals surface area (Å²) in [6.45, 7) is 4.73. The predicted octanol–water partition coefficient (Wildman–Crippen LogP) is 3.29. The Morgan fingerprint density at radius 1 is 1.45 bits per heavy atom. The number of amides is 1. The molecule has 0 atom stereocenters. The topological polar surface area (TPSA) is 56.1 Å². The summed E-state index contributed by atoms with van der Waals surface area (Å²) in [6, 6.07) is 10.3. The van der Waals surface area contributed by atoms with Gasteiger partial charge in [0.05, 0.1) is 0 Å². The summed E-state index contributed by atoms with van der Waals surface area (Å²) in [4.78, 5) is 14.2. The maximum absolute atomic E-state index is 12.3. The van der Waals surface area contributed by atoms with Crippen LogP contribution in [0.25, 0.3) is 0 Å². The highest BCUT2D eigenvalue weighted by Gasteiger charge is 2.19. The van der Waals surface area contributed by atoms with E-state index in [1.54, 1.807) is 6.20 Å². The first-order chi connectivity index (χ1) is 10.6. The Morgan fingerprint density at radius 2 is 2.18 bits per heavy atom. The van der Waals surface area contributed by atoms with Crippen molar-refractivity contribution in [3.8, 4) is 6.07 Å². The Bertz CT molecular complexity index is 595. The van der Waals surface area contributed by atoms with Crippen LogP contribution in [0.1, 0.15) is 38.2 Å². The molecule has 0 bridgehead atoms. The highest BCUT2D eigenvalue weighted by atomic mass is 16.1. The van der Waals surface area contributed by atoms with E-state index in [1.165, 1.54) is 0 Å². The number of anilines is 1. The number of carbonyl (C=O) groups is 1. The summed E-state index contributed by atoms with van der Waals surface area (Å²) in [7, 11) is 0. The van der Waals surface area contributed by atoms with E-state index in [4.69, 9.17) is 0 Å². The van der Waals surface area contributed by atoms with E-state index in [9.17, 15) is 10.1 Å². The van der Waals surface area contributed by atoms with Gasteiger partial charge < -0.3 is 10.2 Å². The van der Waals surface area contributed by atoms with Crippen molar-refractivity contribution in [2.45, 2.75) is 45.6 Å². The zero-order chi connectivity index (χ0) is 15.9. The molecule has 1 N–H and O–H groups in total. The maximum atomic E-state index is 12.3. The summed E-state index contributed by atoms with van der Waals surface area (Å²) in [5.74, 6) is -0.263. The fourth-order valence-corrected chi connectivity index (χ4v) is 2.78. The molecular formula is C18H23N3O. The molecular weight excluding hydrogens is 274 g/mol. The molecule has 0 radical (unpaired) electrons. The fraction of sp³-hybridized carbons (Fsp3) is 0.444. The third kappa shape index (κ3) is 4.11. The van der Waals surface area contributed by atoms with Gasteiger partial charge in [0.2, 0.25) is 0 Å². The van der Waals surface area contributed by atoms with Crippen LogP contribution in [0.15, 0.2) is 36.0 Å². The van der Waals surface area contributed by atoms with Crippen LogP contribution >= 0.6 is 0 Å². The van der Waals surface area contributed by atoms with E-state index in [0.717, 1.165) is 36.9 Å². The Kier molecular flexibility index (Phi) is 5.60. The van der Waals surface area contributed by atoms with E-state index in [2.05, 4.69) is 5.32 Å². The van der Waals surface area contributed by atoms with Crippen molar-refractivity contribution in [3.05, 3.63) is 41.6 Å². The van der Waals surface area contributed by atoms with Gasteiger partial charge in [-0.3, -0.25) is 4.79 Å². The molecule has 1 aliphatic carbocycles. The summed E-state index contributed by atoms with van der Waals surface area (Å²) < 4.78 is 0. The lowest BCUT2D eigenvalue weighted by Gasteiger charge is -2.20. The van der Waals surface area contributed by atoms with Crippen molar-refractivity contribution >= 4 is 11.6 Å². The predicted molar refractivity (Wildman–Crippen MR) is 88.3 cm³/mol. The molecule has 116 valence electrons. The van der Waals surface area contributed by atoms with Crippen molar-refractivity contribution in [2.75, 3.05) is 11.4 Å². The number of hydrogen-bond acceptors (Lipinski definition) is 3. The van der Waals surface area contributed by atoms with E-state index in [-0.39, 0.29) is 17.5 Å². The molecule has 1 aromatic rings. The molecule has 0 aliphatic heterocycles. The molecule has 0 spiro atoms. The van der Waals surface area contributed by atoms with E-state index in [1.807, 2.05) is 49.1 Å². The monoisotopic (exact) mass is 297 g/mol. The molecule has 0 heterocycles. The molecule has 0 unspecified atom stereocenters. The normalized spacial score (nSPS) is 15.4. The summed E-state index contributed by atoms with van der Waals surface area (Å²) in [6.07, 6.45) is 5.99. The lowest BCUT2D eigenvalue weighted by atomic mass is 10.2. The molecule has 1 saturated carbocycles. The first-order valence-corrected chi connectivity index (χ1v) is 7.90. The van der Waals surface area contributed by atoms with Gasteiger partial charge in [0, 0.05) is 24.5 Å². The van der Waals surface area contributed by atoms with Gasteiger partial charge in [-0.05, 0) is 44.4 Å². The SMILES string of the molecule is CCN(/C=C(/C#N)C(=O)NC1CCCC1)c1cccc(C)c1. The number of aryl methyl sites for hydroxylation is 1. The van der Waals surface area contributed by atoms with Gasteiger partial charge in [-0.1, -0.05) is 25.0 Å². The van der Waals surface area contributed by atoms with Crippen LogP contribution in [-0.2, 0) is 4.79 Å². The van der Waals surface area contributed by atoms with Crippen LogP contribution in [0.4, 0.5) is 5.69 Å². The second-order valence-electron chi connectivity index (χ2n) is 5.73. The van der Waals surface area contributed by atoms with Crippen LogP contribution in [0.3, 0.4) is 0 Å². The second kappa shape index (κ2) is 7.65. The Morgan fingerprint density at radius 3 is 2.77 bits per heavy atom. The van der Waals surface area contributed by atoms with Gasteiger partial charge in [-0.2, -0.15) is 5.26 Å². The lowest BCUT2D eigenvalue weighted by molar-refractivity contribution is -0.117. The van der Waals surface area contributed by atoms with Gasteiger partial charge in [0.1, 0.15) is 11.6 Å². The molecule has 22 heavy (non-hydrogen) atoms. The zero-order valence-electron chi connectivity index (χ0n) is 13.3. The first-order valence-electron chi connectivity index (χ1n) is 7.90. The minimum Gasteiger partial charge on any atom is -0.349 e. The van der Waals surface area contributed by atoms with Gasteiger partial charge in [-0.25, -0.2) is 0 Å². The van der Waals surface area contributed by atoms with Gasteiger partial charge in [0.25, 0.3) is 5.91 Å². The van der Waals surface area contributed by atoms with Gasteiger partial charge >= 0.3 is 0 Å². The quantitative estimate of drug-likeness (QED) is 0.670. The van der Waals surface area contributed by atoms with Gasteiger partial charge in [0.15, 0.2) is 0 Å². The highest BCUT2D eigenvalue weighted by Crippen LogP contribution is 2.19. The zero-order valence-corrected chi connectivity index (χ0v) is 13.3. The van der Waals surface area contributed by atoms with Crippen molar-refractivity contribution in [1.82, 2.24) is 5.32 Å². The van der Waals surface area contributed by atoms with Crippen LogP contribution in [0.5, 0.6) is 0 Å². The fourth-order valence-electron chi connectivity index (χ4n) is 2.78. The minimum absolute atomic E-state index is 0.162. The number of rotatable bonds is 5. The lowest BCUT2D eigenvalue weighted by Crippen LogP contribution is -2.34. The number of nitriles is 1. The van der Waals surface area contributed by atoms with Crippen molar-refractivity contribution in [2.24, 2.45) is 0 Å². The number of nitrogens with zero attached hydrogens (tertiary/aromatic N) is 2. The highest BCUT2D eigenvalue weighted by molar-refractivity contribution is 5.97. The Labute approximate surface area is 132 Å². The smallest absolute Gasteiger partial charge is 0.263 e. The minimum atomic E-state index is -0.263. The maximum Gasteiger partial charge on any atom is 0.263 e. The average molecular weight is 297 g/mol. The van der Waals surface area contributed by atoms with Crippen molar-refractivity contribution in [1.29, 1.82) is 5.26 Å². The number of hydrogen-bond donors (Lipinski definition) is 1. The number of carbonyl (C=O) groups excluding carboxylic acids is 1. The average Bonchev–Trinajstić information content (AvgIpc) is 3.01. The largest absolute Gasteiger partial charge is 0.349 e. The van der Waals surface area contributed by atoms with Crippen LogP contribution < -0.4 is 10.2 Å². The van der Waals surface area contributed by atoms with Crippen molar-refractivity contribution in [3.63, 3.8) is 0 Å². The Balaban J connectivity index is 2.14. The Hall–Kier alpha value is -2.28. The van der Waals surface area contributed by atoms with Crippen LogP contribution in [-0.4, -0.2) is 18.5 Å². The molecule has 1 amide bonds. The number of nitrogens with one attached hydrogen (secondary N) is 1. The van der Waals surface area contributed by atoms with E-state index >= 15 is 0 Å². The van der Waals surface area contributed by atoms with E-state index < -0.39 is 0 Å². The number of benzene rings is 1. The first kappa shape index (κ1) is 16.1. The van der Waals surface area contributed by atoms with Crippen LogP contribution in [0, 0.1) is 18.3 Å². The van der Waals surface area contributed by atoms with Crippen molar-refractivity contribution < 1.29 is 4.79 Å². The van der Waals surface area contributed by atoms with E-state index in [0.29, 0.717) is 6.54 Å². The summed E-state index contributed by atoms with van der Waals surface area (Å²) in [5.41, 5.74) is 2.30. The molecule has 0 saturated heterocycles. The molecule has 1 aromatic carbocycles. The summed E-state index contributed by atoms with van der Waals surface area (Å²) in [5, 5.41) is 12.3. The third-order valence-corrected chi connectivity index (χ3v) is 4.01. The molecule has 0 aromatic heterocycles. The molecule has 4 heteroatoms. The van der Waals surface area contributed by atoms with Gasteiger partial charge in [-0.15, -0.1) is 0 Å². The molecule has 2 rings (SSSR count). The molecule has 1 aliphatic rings. The standard InChI is InChI=1S/C18H23N3O/c1-3-21(17-10-6-7-14(2)11-17)13-15(12-19)18(22)20-16-8-4-5-9-16/h6-7,10-11,13,16H,3-5,8-9H2,1-2H3,(H,20,22)/b15-13-. The van der Waals surface area contributed by atoms with Crippen LogP contribution in [0.2, 0.25) is 0 Å².